The van der Waals surface area contributed by atoms with E-state index in [-0.39, 0.29) is 5.75 Å². The molecule has 13 heavy (non-hydrogen) atoms. The summed E-state index contributed by atoms with van der Waals surface area (Å²) in [6, 6.07) is 0. The van der Waals surface area contributed by atoms with E-state index >= 15 is 0 Å². The molecule has 0 atom stereocenters. The van der Waals surface area contributed by atoms with Crippen LogP contribution in [-0.2, 0) is 12.3 Å². The van der Waals surface area contributed by atoms with Crippen molar-refractivity contribution in [2.45, 2.75) is 19.2 Å². The molecule has 0 spiro atoms. The summed E-state index contributed by atoms with van der Waals surface area (Å²) in [6.45, 7) is 2.09. The van der Waals surface area contributed by atoms with E-state index in [4.69, 9.17) is 5.73 Å². The minimum absolute atomic E-state index is 0.211. The van der Waals surface area contributed by atoms with Gasteiger partial charge in [-0.3, -0.25) is 4.98 Å². The summed E-state index contributed by atoms with van der Waals surface area (Å²) < 4.78 is 0. The lowest BCUT2D eigenvalue weighted by atomic mass is 10.1. The van der Waals surface area contributed by atoms with Crippen LogP contribution in [0.25, 0.3) is 0 Å². The van der Waals surface area contributed by atoms with Gasteiger partial charge in [-0.05, 0) is 12.5 Å². The van der Waals surface area contributed by atoms with Gasteiger partial charge in [0.1, 0.15) is 5.75 Å². The first kappa shape index (κ1) is 10.7. The Hall–Kier alpha value is -0.390. The van der Waals surface area contributed by atoms with Crippen LogP contribution in [0, 0.1) is 6.92 Å². The number of thiol groups is 1. The molecular weight excluding hydrogens is 204 g/mol. The average molecular weight is 216 g/mol. The van der Waals surface area contributed by atoms with Crippen molar-refractivity contribution in [1.82, 2.24) is 4.98 Å². The van der Waals surface area contributed by atoms with Gasteiger partial charge in [-0.25, -0.2) is 0 Å². The number of hydrogen-bond acceptors (Lipinski definition) is 5. The highest BCUT2D eigenvalue weighted by Crippen LogP contribution is 2.26. The van der Waals surface area contributed by atoms with Crippen LogP contribution in [0.2, 0.25) is 0 Å². The molecule has 72 valence electrons. The standard InChI is InChI=1S/C8H12N2OS2/c1-5-8(11)7(2-9)6(3-10-5)4-13-12/h3,11-12H,2,4,9H2,1H3. The fraction of sp³-hybridized carbons (Fsp3) is 0.375. The Bertz CT molecular complexity index is 304. The summed E-state index contributed by atoms with van der Waals surface area (Å²) in [7, 11) is 1.39. The molecule has 0 fully saturated rings. The zero-order valence-electron chi connectivity index (χ0n) is 7.32. The second-order valence-electron chi connectivity index (χ2n) is 2.67. The van der Waals surface area contributed by atoms with Crippen LogP contribution in [-0.4, -0.2) is 10.1 Å². The summed E-state index contributed by atoms with van der Waals surface area (Å²) in [6.07, 6.45) is 1.74. The minimum atomic E-state index is 0.211. The van der Waals surface area contributed by atoms with Crippen LogP contribution >= 0.6 is 22.5 Å². The summed E-state index contributed by atoms with van der Waals surface area (Å²) in [5, 5.41) is 9.63. The number of nitrogens with zero attached hydrogens (tertiary/aromatic N) is 1. The van der Waals surface area contributed by atoms with Crippen molar-refractivity contribution in [3.63, 3.8) is 0 Å². The Balaban J connectivity index is 3.13. The topological polar surface area (TPSA) is 59.1 Å². The van der Waals surface area contributed by atoms with E-state index < -0.39 is 0 Å². The molecule has 0 aliphatic carbocycles. The van der Waals surface area contributed by atoms with E-state index in [1.807, 2.05) is 0 Å². The maximum Gasteiger partial charge on any atom is 0.141 e. The van der Waals surface area contributed by atoms with Gasteiger partial charge in [0.15, 0.2) is 0 Å². The second-order valence-corrected chi connectivity index (χ2v) is 4.00. The van der Waals surface area contributed by atoms with E-state index in [0.717, 1.165) is 11.1 Å². The molecule has 3 N–H and O–H groups in total. The van der Waals surface area contributed by atoms with Crippen LogP contribution in [0.3, 0.4) is 0 Å². The third-order valence-corrected chi connectivity index (χ3v) is 2.68. The molecule has 1 aromatic heterocycles. The first-order valence-corrected chi connectivity index (χ1v) is 5.87. The number of aryl methyl sites for hydroxylation is 1. The van der Waals surface area contributed by atoms with Crippen LogP contribution in [0.15, 0.2) is 6.20 Å². The highest BCUT2D eigenvalue weighted by molar-refractivity contribution is 8.68. The maximum atomic E-state index is 9.63. The molecule has 1 rings (SSSR count). The Kier molecular flexibility index (Phi) is 3.90. The largest absolute Gasteiger partial charge is 0.506 e. The van der Waals surface area contributed by atoms with Gasteiger partial charge in [-0.1, -0.05) is 10.8 Å². The van der Waals surface area contributed by atoms with Crippen LogP contribution < -0.4 is 5.73 Å². The number of pyridine rings is 1. The second kappa shape index (κ2) is 4.74. The third kappa shape index (κ3) is 2.30. The SMILES string of the molecule is Cc1ncc(CSS)c(CN)c1O. The normalized spacial score (nSPS) is 10.4. The maximum absolute atomic E-state index is 9.63. The molecule has 0 aromatic carbocycles. The van der Waals surface area contributed by atoms with Crippen molar-refractivity contribution in [2.24, 2.45) is 5.73 Å². The number of aromatic nitrogens is 1. The van der Waals surface area contributed by atoms with E-state index in [9.17, 15) is 5.11 Å². The Labute approximate surface area is 86.6 Å². The summed E-state index contributed by atoms with van der Waals surface area (Å²) in [4.78, 5) is 4.05. The molecule has 1 aromatic rings. The molecule has 0 bridgehead atoms. The van der Waals surface area contributed by atoms with Gasteiger partial charge in [0, 0.05) is 24.1 Å². The number of rotatable bonds is 3. The fourth-order valence-electron chi connectivity index (χ4n) is 1.11. The van der Waals surface area contributed by atoms with E-state index in [0.29, 0.717) is 18.0 Å². The predicted molar refractivity (Wildman–Crippen MR) is 58.8 cm³/mol. The molecule has 0 saturated heterocycles. The van der Waals surface area contributed by atoms with Crippen LogP contribution in [0.5, 0.6) is 5.75 Å². The summed E-state index contributed by atoms with van der Waals surface area (Å²) >= 11 is 4.04. The number of aromatic hydroxyl groups is 1. The van der Waals surface area contributed by atoms with Gasteiger partial charge in [-0.15, -0.1) is 11.7 Å². The van der Waals surface area contributed by atoms with Gasteiger partial charge in [0.05, 0.1) is 5.69 Å². The van der Waals surface area contributed by atoms with E-state index in [2.05, 4.69) is 16.6 Å². The Morgan fingerprint density at radius 2 is 2.38 bits per heavy atom. The van der Waals surface area contributed by atoms with Crippen LogP contribution in [0.4, 0.5) is 0 Å². The van der Waals surface area contributed by atoms with Gasteiger partial charge < -0.3 is 10.8 Å². The Morgan fingerprint density at radius 3 is 2.92 bits per heavy atom. The molecule has 0 unspecified atom stereocenters. The first-order chi connectivity index (χ1) is 6.20. The lowest BCUT2D eigenvalue weighted by molar-refractivity contribution is 0.459. The van der Waals surface area contributed by atoms with Gasteiger partial charge in [0.2, 0.25) is 0 Å². The van der Waals surface area contributed by atoms with Crippen molar-refractivity contribution >= 4 is 22.5 Å². The smallest absolute Gasteiger partial charge is 0.141 e. The fourth-order valence-corrected chi connectivity index (χ4v) is 1.91. The van der Waals surface area contributed by atoms with Crippen molar-refractivity contribution in [3.05, 3.63) is 23.0 Å². The van der Waals surface area contributed by atoms with Gasteiger partial charge in [-0.2, -0.15) is 0 Å². The van der Waals surface area contributed by atoms with Crippen LogP contribution in [0.1, 0.15) is 16.8 Å². The van der Waals surface area contributed by atoms with Gasteiger partial charge >= 0.3 is 0 Å². The average Bonchev–Trinajstić information content (AvgIpc) is 2.12. The molecular formula is C8H12N2OS2. The predicted octanol–water partition coefficient (Wildman–Crippen LogP) is 1.63. The summed E-state index contributed by atoms with van der Waals surface area (Å²) in [5.41, 5.74) is 7.87. The molecule has 3 nitrogen and oxygen atoms in total. The minimum Gasteiger partial charge on any atom is -0.506 e. The number of nitrogens with two attached hydrogens (primary N) is 1. The quantitative estimate of drug-likeness (QED) is 0.531. The molecule has 0 aliphatic heterocycles. The van der Waals surface area contributed by atoms with Crippen molar-refractivity contribution in [1.29, 1.82) is 0 Å². The Morgan fingerprint density at radius 1 is 1.69 bits per heavy atom. The zero-order chi connectivity index (χ0) is 9.84. The summed E-state index contributed by atoms with van der Waals surface area (Å²) in [5.74, 6) is 0.915. The highest BCUT2D eigenvalue weighted by atomic mass is 33.1. The van der Waals surface area contributed by atoms with E-state index in [1.165, 1.54) is 10.8 Å². The molecule has 0 radical (unpaired) electrons. The lowest BCUT2D eigenvalue weighted by Gasteiger charge is -2.09. The van der Waals surface area contributed by atoms with Crippen molar-refractivity contribution in [3.8, 4) is 5.75 Å². The molecule has 0 saturated carbocycles. The van der Waals surface area contributed by atoms with E-state index in [1.54, 1.807) is 13.1 Å². The third-order valence-electron chi connectivity index (χ3n) is 1.85. The van der Waals surface area contributed by atoms with Crippen molar-refractivity contribution in [2.75, 3.05) is 0 Å². The molecule has 1 heterocycles. The highest BCUT2D eigenvalue weighted by Gasteiger charge is 2.09. The monoisotopic (exact) mass is 216 g/mol. The van der Waals surface area contributed by atoms with Crippen molar-refractivity contribution < 1.29 is 5.11 Å². The van der Waals surface area contributed by atoms with Gasteiger partial charge in [0.25, 0.3) is 0 Å². The zero-order valence-corrected chi connectivity index (χ0v) is 9.03. The lowest BCUT2D eigenvalue weighted by Crippen LogP contribution is -2.03. The first-order valence-electron chi connectivity index (χ1n) is 3.83. The molecule has 0 aliphatic rings. The number of hydrogen-bond donors (Lipinski definition) is 3. The molecule has 0 amide bonds. The molecule has 5 heteroatoms.